The van der Waals surface area contributed by atoms with Crippen molar-refractivity contribution in [2.45, 2.75) is 44.7 Å². The molecule has 5 nitrogen and oxygen atoms in total. The predicted octanol–water partition coefficient (Wildman–Crippen LogP) is 1.27. The molecule has 19 heavy (non-hydrogen) atoms. The van der Waals surface area contributed by atoms with Crippen molar-refractivity contribution in [2.75, 3.05) is 12.3 Å². The summed E-state index contributed by atoms with van der Waals surface area (Å²) in [6.07, 6.45) is 5.13. The van der Waals surface area contributed by atoms with Crippen LogP contribution in [-0.2, 0) is 16.4 Å². The number of furan rings is 1. The molecule has 0 radical (unpaired) electrons. The highest BCUT2D eigenvalue weighted by Gasteiger charge is 2.23. The summed E-state index contributed by atoms with van der Waals surface area (Å²) in [5, 5.41) is 3.21. The summed E-state index contributed by atoms with van der Waals surface area (Å²) in [5.41, 5.74) is 0. The lowest BCUT2D eigenvalue weighted by atomic mass is 10.2. The SMILES string of the molecule is CC(CCc1ccco1)NS(=O)(=O)CC1CCCN1. The summed E-state index contributed by atoms with van der Waals surface area (Å²) in [6, 6.07) is 3.78. The van der Waals surface area contributed by atoms with E-state index < -0.39 is 10.0 Å². The average molecular weight is 286 g/mol. The van der Waals surface area contributed by atoms with Crippen LogP contribution < -0.4 is 10.0 Å². The van der Waals surface area contributed by atoms with Crippen LogP contribution in [-0.4, -0.2) is 32.8 Å². The Labute approximate surface area is 114 Å². The molecule has 2 rings (SSSR count). The van der Waals surface area contributed by atoms with Crippen LogP contribution in [0.15, 0.2) is 22.8 Å². The Bertz CT molecular complexity index is 464. The Hall–Kier alpha value is -0.850. The van der Waals surface area contributed by atoms with Crippen molar-refractivity contribution in [1.29, 1.82) is 0 Å². The van der Waals surface area contributed by atoms with Crippen LogP contribution in [0.25, 0.3) is 0 Å². The third-order valence-electron chi connectivity index (χ3n) is 3.37. The van der Waals surface area contributed by atoms with Crippen molar-refractivity contribution in [3.63, 3.8) is 0 Å². The smallest absolute Gasteiger partial charge is 0.213 e. The van der Waals surface area contributed by atoms with Gasteiger partial charge >= 0.3 is 0 Å². The molecule has 108 valence electrons. The minimum atomic E-state index is -3.20. The van der Waals surface area contributed by atoms with E-state index in [2.05, 4.69) is 10.0 Å². The molecule has 1 saturated heterocycles. The van der Waals surface area contributed by atoms with Crippen LogP contribution in [0, 0.1) is 0 Å². The van der Waals surface area contributed by atoms with E-state index in [1.807, 2.05) is 19.1 Å². The van der Waals surface area contributed by atoms with Crippen LogP contribution in [0.5, 0.6) is 0 Å². The molecular weight excluding hydrogens is 264 g/mol. The fourth-order valence-electron chi connectivity index (χ4n) is 2.39. The maximum atomic E-state index is 12.0. The lowest BCUT2D eigenvalue weighted by Gasteiger charge is -2.16. The van der Waals surface area contributed by atoms with Gasteiger partial charge in [0.05, 0.1) is 12.0 Å². The minimum Gasteiger partial charge on any atom is -0.469 e. The fraction of sp³-hybridized carbons (Fsp3) is 0.692. The highest BCUT2D eigenvalue weighted by molar-refractivity contribution is 7.89. The number of hydrogen-bond acceptors (Lipinski definition) is 4. The molecule has 0 spiro atoms. The summed E-state index contributed by atoms with van der Waals surface area (Å²) in [4.78, 5) is 0. The minimum absolute atomic E-state index is 0.0727. The van der Waals surface area contributed by atoms with E-state index in [-0.39, 0.29) is 17.8 Å². The molecule has 2 heterocycles. The molecule has 0 aliphatic carbocycles. The predicted molar refractivity (Wildman–Crippen MR) is 74.4 cm³/mol. The second kappa shape index (κ2) is 6.54. The van der Waals surface area contributed by atoms with Crippen LogP contribution in [0.1, 0.15) is 31.9 Å². The fourth-order valence-corrected chi connectivity index (χ4v) is 4.03. The molecule has 0 saturated carbocycles. The molecular formula is C13H22N2O3S. The van der Waals surface area contributed by atoms with Gasteiger partial charge in [-0.2, -0.15) is 0 Å². The lowest BCUT2D eigenvalue weighted by Crippen LogP contribution is -2.40. The van der Waals surface area contributed by atoms with E-state index in [1.54, 1.807) is 6.26 Å². The summed E-state index contributed by atoms with van der Waals surface area (Å²) in [6.45, 7) is 2.82. The highest BCUT2D eigenvalue weighted by Crippen LogP contribution is 2.09. The van der Waals surface area contributed by atoms with Gasteiger partial charge in [-0.25, -0.2) is 13.1 Å². The normalized spacial score (nSPS) is 21.6. The van der Waals surface area contributed by atoms with Crippen LogP contribution in [0.2, 0.25) is 0 Å². The molecule has 0 bridgehead atoms. The van der Waals surface area contributed by atoms with Gasteiger partial charge < -0.3 is 9.73 Å². The number of sulfonamides is 1. The van der Waals surface area contributed by atoms with Gasteiger partial charge in [-0.3, -0.25) is 0 Å². The first-order valence-electron chi connectivity index (χ1n) is 6.81. The molecule has 1 aromatic heterocycles. The van der Waals surface area contributed by atoms with Gasteiger partial charge in [-0.1, -0.05) is 0 Å². The van der Waals surface area contributed by atoms with E-state index >= 15 is 0 Å². The quantitative estimate of drug-likeness (QED) is 0.792. The molecule has 2 unspecified atom stereocenters. The molecule has 2 atom stereocenters. The topological polar surface area (TPSA) is 71.3 Å². The number of hydrogen-bond donors (Lipinski definition) is 2. The van der Waals surface area contributed by atoms with Gasteiger partial charge in [0.1, 0.15) is 5.76 Å². The van der Waals surface area contributed by atoms with Crippen molar-refractivity contribution in [2.24, 2.45) is 0 Å². The third kappa shape index (κ3) is 4.97. The number of rotatable bonds is 7. The van der Waals surface area contributed by atoms with Gasteiger partial charge in [0.15, 0.2) is 0 Å². The Kier molecular flexibility index (Phi) is 5.01. The molecule has 0 aromatic carbocycles. The first-order valence-corrected chi connectivity index (χ1v) is 8.46. The summed E-state index contributed by atoms with van der Waals surface area (Å²) in [5.74, 6) is 1.07. The Morgan fingerprint density at radius 3 is 3.05 bits per heavy atom. The molecule has 1 aliphatic heterocycles. The largest absolute Gasteiger partial charge is 0.469 e. The Morgan fingerprint density at radius 2 is 2.42 bits per heavy atom. The van der Waals surface area contributed by atoms with Crippen molar-refractivity contribution >= 4 is 10.0 Å². The second-order valence-corrected chi connectivity index (χ2v) is 7.01. The van der Waals surface area contributed by atoms with Crippen molar-refractivity contribution in [3.8, 4) is 0 Å². The zero-order chi connectivity index (χ0) is 13.7. The molecule has 1 aliphatic rings. The number of aryl methyl sites for hydroxylation is 1. The molecule has 0 amide bonds. The van der Waals surface area contributed by atoms with Crippen molar-refractivity contribution < 1.29 is 12.8 Å². The first kappa shape index (κ1) is 14.6. The van der Waals surface area contributed by atoms with Crippen LogP contribution in [0.4, 0.5) is 0 Å². The van der Waals surface area contributed by atoms with Crippen molar-refractivity contribution in [3.05, 3.63) is 24.2 Å². The van der Waals surface area contributed by atoms with Crippen LogP contribution in [0.3, 0.4) is 0 Å². The number of nitrogens with one attached hydrogen (secondary N) is 2. The lowest BCUT2D eigenvalue weighted by molar-refractivity contribution is 0.479. The monoisotopic (exact) mass is 286 g/mol. The molecule has 2 N–H and O–H groups in total. The van der Waals surface area contributed by atoms with Crippen LogP contribution >= 0.6 is 0 Å². The maximum absolute atomic E-state index is 12.0. The Morgan fingerprint density at radius 1 is 1.58 bits per heavy atom. The first-order chi connectivity index (χ1) is 9.05. The Balaban J connectivity index is 1.75. The van der Waals surface area contributed by atoms with Gasteiger partial charge in [0.2, 0.25) is 10.0 Å². The standard InChI is InChI=1S/C13H22N2O3S/c1-11(6-7-13-5-3-9-18-13)15-19(16,17)10-12-4-2-8-14-12/h3,5,9,11-12,14-15H,2,4,6-8,10H2,1H3. The maximum Gasteiger partial charge on any atom is 0.213 e. The average Bonchev–Trinajstić information content (AvgIpc) is 2.97. The zero-order valence-corrected chi connectivity index (χ0v) is 12.1. The summed E-state index contributed by atoms with van der Waals surface area (Å²) < 4.78 is 31.9. The molecule has 6 heteroatoms. The van der Waals surface area contributed by atoms with Gasteiger partial charge in [0.25, 0.3) is 0 Å². The van der Waals surface area contributed by atoms with E-state index in [4.69, 9.17) is 4.42 Å². The van der Waals surface area contributed by atoms with E-state index in [9.17, 15) is 8.42 Å². The summed E-state index contributed by atoms with van der Waals surface area (Å²) in [7, 11) is -3.20. The highest BCUT2D eigenvalue weighted by atomic mass is 32.2. The molecule has 1 fully saturated rings. The van der Waals surface area contributed by atoms with Gasteiger partial charge in [-0.05, 0) is 44.9 Å². The summed E-state index contributed by atoms with van der Waals surface area (Å²) >= 11 is 0. The van der Waals surface area contributed by atoms with E-state index in [0.717, 1.165) is 38.0 Å². The second-order valence-electron chi connectivity index (χ2n) is 5.21. The van der Waals surface area contributed by atoms with Gasteiger partial charge in [-0.15, -0.1) is 0 Å². The molecule has 1 aromatic rings. The zero-order valence-electron chi connectivity index (χ0n) is 11.3. The van der Waals surface area contributed by atoms with E-state index in [1.165, 1.54) is 0 Å². The van der Waals surface area contributed by atoms with Crippen molar-refractivity contribution in [1.82, 2.24) is 10.0 Å². The van der Waals surface area contributed by atoms with Gasteiger partial charge in [0, 0.05) is 18.5 Å². The van der Waals surface area contributed by atoms with E-state index in [0.29, 0.717) is 0 Å². The third-order valence-corrected chi connectivity index (χ3v) is 4.97.